The van der Waals surface area contributed by atoms with Crippen molar-refractivity contribution in [1.82, 2.24) is 15.2 Å². The van der Waals surface area contributed by atoms with Crippen molar-refractivity contribution < 1.29 is 9.59 Å². The molecule has 1 saturated carbocycles. The summed E-state index contributed by atoms with van der Waals surface area (Å²) >= 11 is 0. The minimum atomic E-state index is -0.234. The predicted octanol–water partition coefficient (Wildman–Crippen LogP) is 3.43. The molecule has 2 aliphatic rings. The van der Waals surface area contributed by atoms with Crippen LogP contribution in [0.4, 0.5) is 0 Å². The summed E-state index contributed by atoms with van der Waals surface area (Å²) in [5.41, 5.74) is 3.44. The number of aromatic amines is 1. The standard InChI is InChI=1S/C24H25N3O2/c28-23-12-17(15-27(23)18-10-11-18)24(29)26-13-20(16-6-2-1-3-7-16)21-14-25-22-9-5-4-8-19(21)22/h1-9,14,17-18,20,25H,10-13,15H2,(H,26,29)/t17-,20+/m0/s1. The maximum atomic E-state index is 12.9. The first-order valence-electron chi connectivity index (χ1n) is 10.4. The Hall–Kier alpha value is -3.08. The highest BCUT2D eigenvalue weighted by molar-refractivity contribution is 5.90. The van der Waals surface area contributed by atoms with Crippen LogP contribution in [0.5, 0.6) is 0 Å². The van der Waals surface area contributed by atoms with Gasteiger partial charge in [0.15, 0.2) is 0 Å². The lowest BCUT2D eigenvalue weighted by Crippen LogP contribution is -2.36. The van der Waals surface area contributed by atoms with Crippen LogP contribution < -0.4 is 5.32 Å². The van der Waals surface area contributed by atoms with E-state index in [1.807, 2.05) is 41.4 Å². The van der Waals surface area contributed by atoms with Gasteiger partial charge < -0.3 is 15.2 Å². The second-order valence-electron chi connectivity index (χ2n) is 8.18. The Bertz CT molecular complexity index is 1040. The van der Waals surface area contributed by atoms with E-state index in [0.717, 1.165) is 18.4 Å². The molecule has 1 aromatic heterocycles. The molecule has 0 unspecified atom stereocenters. The number of fused-ring (bicyclic) bond motifs is 1. The molecule has 148 valence electrons. The number of benzene rings is 2. The number of para-hydroxylation sites is 1. The van der Waals surface area contributed by atoms with Gasteiger partial charge in [0.25, 0.3) is 0 Å². The van der Waals surface area contributed by atoms with E-state index in [9.17, 15) is 9.59 Å². The first kappa shape index (κ1) is 18.0. The zero-order chi connectivity index (χ0) is 19.8. The van der Waals surface area contributed by atoms with E-state index in [2.05, 4.69) is 34.6 Å². The number of hydrogen-bond donors (Lipinski definition) is 2. The SMILES string of the molecule is O=C(NC[C@H](c1ccccc1)c1c[nH]c2ccccc12)[C@H]1CC(=O)N(C2CC2)C1. The number of nitrogens with zero attached hydrogens (tertiary/aromatic N) is 1. The van der Waals surface area contributed by atoms with E-state index < -0.39 is 0 Å². The molecule has 5 rings (SSSR count). The number of likely N-dealkylation sites (tertiary alicyclic amines) is 1. The molecule has 0 bridgehead atoms. The van der Waals surface area contributed by atoms with Crippen LogP contribution in [0.3, 0.4) is 0 Å². The molecule has 2 amide bonds. The van der Waals surface area contributed by atoms with E-state index >= 15 is 0 Å². The lowest BCUT2D eigenvalue weighted by molar-refractivity contribution is -0.129. The van der Waals surface area contributed by atoms with Crippen LogP contribution in [0, 0.1) is 5.92 Å². The summed E-state index contributed by atoms with van der Waals surface area (Å²) in [6.45, 7) is 1.08. The second kappa shape index (κ2) is 7.39. The molecule has 1 saturated heterocycles. The average molecular weight is 387 g/mol. The number of carbonyl (C=O) groups is 2. The average Bonchev–Trinajstić information content (AvgIpc) is 3.39. The third-order valence-electron chi connectivity index (χ3n) is 6.20. The minimum Gasteiger partial charge on any atom is -0.361 e. The van der Waals surface area contributed by atoms with Gasteiger partial charge in [-0.25, -0.2) is 0 Å². The zero-order valence-electron chi connectivity index (χ0n) is 16.3. The summed E-state index contributed by atoms with van der Waals surface area (Å²) in [7, 11) is 0. The first-order valence-corrected chi connectivity index (χ1v) is 10.4. The Morgan fingerprint density at radius 2 is 1.86 bits per heavy atom. The van der Waals surface area contributed by atoms with Crippen molar-refractivity contribution in [2.75, 3.05) is 13.1 Å². The summed E-state index contributed by atoms with van der Waals surface area (Å²) in [6.07, 6.45) is 4.54. The van der Waals surface area contributed by atoms with Crippen LogP contribution in [-0.2, 0) is 9.59 Å². The van der Waals surface area contributed by atoms with Crippen molar-refractivity contribution in [3.05, 3.63) is 71.9 Å². The summed E-state index contributed by atoms with van der Waals surface area (Å²) < 4.78 is 0. The van der Waals surface area contributed by atoms with E-state index in [1.165, 1.54) is 16.5 Å². The number of nitrogens with one attached hydrogen (secondary N) is 2. The largest absolute Gasteiger partial charge is 0.361 e. The Morgan fingerprint density at radius 3 is 2.66 bits per heavy atom. The van der Waals surface area contributed by atoms with E-state index in [1.54, 1.807) is 0 Å². The molecule has 2 atom stereocenters. The first-order chi connectivity index (χ1) is 14.2. The number of hydrogen-bond acceptors (Lipinski definition) is 2. The van der Waals surface area contributed by atoms with Crippen LogP contribution in [-0.4, -0.2) is 40.8 Å². The number of H-pyrrole nitrogens is 1. The maximum absolute atomic E-state index is 12.9. The van der Waals surface area contributed by atoms with Crippen LogP contribution >= 0.6 is 0 Å². The molecule has 1 aliphatic heterocycles. The van der Waals surface area contributed by atoms with Gasteiger partial charge in [0.05, 0.1) is 5.92 Å². The summed E-state index contributed by atoms with van der Waals surface area (Å²) in [6, 6.07) is 18.9. The molecule has 29 heavy (non-hydrogen) atoms. The Kier molecular flexibility index (Phi) is 4.58. The molecule has 5 nitrogen and oxygen atoms in total. The monoisotopic (exact) mass is 387 g/mol. The fourth-order valence-corrected chi connectivity index (χ4v) is 4.47. The van der Waals surface area contributed by atoms with Crippen molar-refractivity contribution in [3.63, 3.8) is 0 Å². The van der Waals surface area contributed by atoms with Gasteiger partial charge in [-0.15, -0.1) is 0 Å². The van der Waals surface area contributed by atoms with Crippen molar-refractivity contribution in [2.24, 2.45) is 5.92 Å². The summed E-state index contributed by atoms with van der Waals surface area (Å²) in [5, 5.41) is 4.32. The highest BCUT2D eigenvalue weighted by Gasteiger charge is 2.41. The summed E-state index contributed by atoms with van der Waals surface area (Å²) in [5.74, 6) is -0.0680. The lowest BCUT2D eigenvalue weighted by atomic mass is 9.90. The fourth-order valence-electron chi connectivity index (χ4n) is 4.47. The molecule has 0 radical (unpaired) electrons. The molecule has 2 N–H and O–H groups in total. The van der Waals surface area contributed by atoms with Crippen LogP contribution in [0.25, 0.3) is 10.9 Å². The van der Waals surface area contributed by atoms with Gasteiger partial charge in [-0.1, -0.05) is 48.5 Å². The van der Waals surface area contributed by atoms with Crippen molar-refractivity contribution in [3.8, 4) is 0 Å². The van der Waals surface area contributed by atoms with Crippen molar-refractivity contribution in [2.45, 2.75) is 31.2 Å². The third kappa shape index (κ3) is 3.53. The molecule has 2 aromatic carbocycles. The number of rotatable bonds is 6. The van der Waals surface area contributed by atoms with Gasteiger partial charge in [-0.3, -0.25) is 9.59 Å². The zero-order valence-corrected chi connectivity index (χ0v) is 16.3. The van der Waals surface area contributed by atoms with Crippen molar-refractivity contribution in [1.29, 1.82) is 0 Å². The number of amides is 2. The highest BCUT2D eigenvalue weighted by Crippen LogP contribution is 2.33. The smallest absolute Gasteiger partial charge is 0.225 e. The number of aromatic nitrogens is 1. The molecule has 3 aromatic rings. The van der Waals surface area contributed by atoms with Gasteiger partial charge in [0.1, 0.15) is 0 Å². The molecular weight excluding hydrogens is 362 g/mol. The van der Waals surface area contributed by atoms with Crippen LogP contribution in [0.15, 0.2) is 60.8 Å². The second-order valence-corrected chi connectivity index (χ2v) is 8.18. The molecule has 1 aliphatic carbocycles. The molecule has 2 heterocycles. The maximum Gasteiger partial charge on any atom is 0.225 e. The van der Waals surface area contributed by atoms with Gasteiger partial charge in [0, 0.05) is 48.6 Å². The van der Waals surface area contributed by atoms with Gasteiger partial charge in [0.2, 0.25) is 11.8 Å². The van der Waals surface area contributed by atoms with E-state index in [4.69, 9.17) is 0 Å². The Balaban J connectivity index is 1.35. The van der Waals surface area contributed by atoms with Crippen LogP contribution in [0.2, 0.25) is 0 Å². The highest BCUT2D eigenvalue weighted by atomic mass is 16.2. The normalized spacial score (nSPS) is 20.2. The van der Waals surface area contributed by atoms with Gasteiger partial charge in [-0.2, -0.15) is 0 Å². The predicted molar refractivity (Wildman–Crippen MR) is 112 cm³/mol. The van der Waals surface area contributed by atoms with Crippen molar-refractivity contribution >= 4 is 22.7 Å². The third-order valence-corrected chi connectivity index (χ3v) is 6.20. The Labute approximate surface area is 170 Å². The van der Waals surface area contributed by atoms with E-state index in [-0.39, 0.29) is 23.7 Å². The summed E-state index contributed by atoms with van der Waals surface area (Å²) in [4.78, 5) is 30.3. The van der Waals surface area contributed by atoms with Gasteiger partial charge in [-0.05, 0) is 30.0 Å². The van der Waals surface area contributed by atoms with Crippen LogP contribution in [0.1, 0.15) is 36.3 Å². The Morgan fingerprint density at radius 1 is 1.10 bits per heavy atom. The fraction of sp³-hybridized carbons (Fsp3) is 0.333. The van der Waals surface area contributed by atoms with E-state index in [0.29, 0.717) is 25.6 Å². The number of carbonyl (C=O) groups excluding carboxylic acids is 2. The minimum absolute atomic E-state index is 0.0118. The molecular formula is C24H25N3O2. The topological polar surface area (TPSA) is 65.2 Å². The lowest BCUT2D eigenvalue weighted by Gasteiger charge is -2.20. The van der Waals surface area contributed by atoms with Gasteiger partial charge >= 0.3 is 0 Å². The molecule has 5 heteroatoms. The molecule has 2 fully saturated rings. The quantitative estimate of drug-likeness (QED) is 0.681. The molecule has 0 spiro atoms.